The second-order valence-corrected chi connectivity index (χ2v) is 3.82. The van der Waals surface area contributed by atoms with Gasteiger partial charge in [0.1, 0.15) is 0 Å². The maximum atomic E-state index is 9.08. The van der Waals surface area contributed by atoms with E-state index in [1.165, 1.54) is 6.42 Å². The van der Waals surface area contributed by atoms with Gasteiger partial charge in [0.05, 0.1) is 6.73 Å². The lowest BCUT2D eigenvalue weighted by molar-refractivity contribution is 0.104. The molecule has 1 heterocycles. The van der Waals surface area contributed by atoms with Crippen molar-refractivity contribution in [2.24, 2.45) is 0 Å². The highest BCUT2D eigenvalue weighted by atomic mass is 16.3. The highest BCUT2D eigenvalue weighted by molar-refractivity contribution is 4.60. The molecule has 0 aliphatic carbocycles. The van der Waals surface area contributed by atoms with Crippen LogP contribution >= 0.6 is 0 Å². The lowest BCUT2D eigenvalue weighted by Crippen LogP contribution is -2.33. The Morgan fingerprint density at radius 1 is 0.857 bits per heavy atom. The quantitative estimate of drug-likeness (QED) is 0.540. The van der Waals surface area contributed by atoms with E-state index in [9.17, 15) is 0 Å². The van der Waals surface area contributed by atoms with E-state index >= 15 is 0 Å². The minimum Gasteiger partial charge on any atom is -0.381 e. The van der Waals surface area contributed by atoms with E-state index in [-0.39, 0.29) is 6.73 Å². The SMILES string of the molecule is OCN1CCCNCCCNCCC1. The Morgan fingerprint density at radius 2 is 1.36 bits per heavy atom. The number of nitrogens with zero attached hydrogens (tertiary/aromatic N) is 1. The van der Waals surface area contributed by atoms with Crippen LogP contribution in [0.4, 0.5) is 0 Å². The summed E-state index contributed by atoms with van der Waals surface area (Å²) in [6, 6.07) is 0. The molecule has 0 amide bonds. The third-order valence-electron chi connectivity index (χ3n) is 2.56. The molecule has 0 aromatic carbocycles. The summed E-state index contributed by atoms with van der Waals surface area (Å²) in [5.74, 6) is 0. The smallest absolute Gasteiger partial charge is 0.0956 e. The molecule has 84 valence electrons. The van der Waals surface area contributed by atoms with Crippen molar-refractivity contribution < 1.29 is 5.11 Å². The van der Waals surface area contributed by atoms with E-state index in [1.807, 2.05) is 0 Å². The highest BCUT2D eigenvalue weighted by Gasteiger charge is 2.02. The summed E-state index contributed by atoms with van der Waals surface area (Å²) >= 11 is 0. The molecule has 0 aromatic heterocycles. The van der Waals surface area contributed by atoms with Gasteiger partial charge in [0.15, 0.2) is 0 Å². The fourth-order valence-electron chi connectivity index (χ4n) is 1.70. The van der Waals surface area contributed by atoms with Crippen LogP contribution in [0.1, 0.15) is 19.3 Å². The van der Waals surface area contributed by atoms with Gasteiger partial charge in [0.2, 0.25) is 0 Å². The topological polar surface area (TPSA) is 47.5 Å². The van der Waals surface area contributed by atoms with Crippen molar-refractivity contribution in [3.63, 3.8) is 0 Å². The number of nitrogens with one attached hydrogen (secondary N) is 2. The van der Waals surface area contributed by atoms with E-state index in [0.29, 0.717) is 0 Å². The summed E-state index contributed by atoms with van der Waals surface area (Å²) in [6.45, 7) is 6.54. The number of aliphatic hydroxyl groups is 1. The van der Waals surface area contributed by atoms with Gasteiger partial charge in [-0.2, -0.15) is 0 Å². The third kappa shape index (κ3) is 5.54. The fraction of sp³-hybridized carbons (Fsp3) is 1.00. The van der Waals surface area contributed by atoms with Crippen molar-refractivity contribution in [1.29, 1.82) is 0 Å². The molecule has 1 aliphatic heterocycles. The van der Waals surface area contributed by atoms with E-state index in [1.54, 1.807) is 0 Å². The highest BCUT2D eigenvalue weighted by Crippen LogP contribution is 1.93. The predicted octanol–water partition coefficient (Wildman–Crippen LogP) is -0.399. The van der Waals surface area contributed by atoms with Crippen LogP contribution in [0.15, 0.2) is 0 Å². The number of hydrogen-bond acceptors (Lipinski definition) is 4. The largest absolute Gasteiger partial charge is 0.381 e. The molecule has 0 radical (unpaired) electrons. The van der Waals surface area contributed by atoms with Gasteiger partial charge >= 0.3 is 0 Å². The van der Waals surface area contributed by atoms with Crippen LogP contribution in [0.25, 0.3) is 0 Å². The summed E-state index contributed by atoms with van der Waals surface area (Å²) in [7, 11) is 0. The minimum absolute atomic E-state index is 0.194. The number of hydrogen-bond donors (Lipinski definition) is 3. The van der Waals surface area contributed by atoms with Crippen LogP contribution in [-0.4, -0.2) is 56.0 Å². The Bertz CT molecular complexity index is 121. The molecule has 0 saturated carbocycles. The number of aliphatic hydroxyl groups excluding tert-OH is 1. The zero-order chi connectivity index (χ0) is 10.1. The van der Waals surface area contributed by atoms with Crippen molar-refractivity contribution in [2.75, 3.05) is 46.0 Å². The van der Waals surface area contributed by atoms with Gasteiger partial charge in [0.25, 0.3) is 0 Å². The van der Waals surface area contributed by atoms with Crippen LogP contribution in [0, 0.1) is 0 Å². The number of rotatable bonds is 1. The summed E-state index contributed by atoms with van der Waals surface area (Å²) in [6.07, 6.45) is 3.48. The van der Waals surface area contributed by atoms with Crippen LogP contribution in [0.5, 0.6) is 0 Å². The van der Waals surface area contributed by atoms with E-state index < -0.39 is 0 Å². The third-order valence-corrected chi connectivity index (χ3v) is 2.56. The van der Waals surface area contributed by atoms with Gasteiger partial charge in [-0.25, -0.2) is 0 Å². The first-order chi connectivity index (χ1) is 6.93. The summed E-state index contributed by atoms with van der Waals surface area (Å²) in [5, 5.41) is 15.9. The molecule has 0 aromatic rings. The zero-order valence-electron chi connectivity index (χ0n) is 8.97. The lowest BCUT2D eigenvalue weighted by atomic mass is 10.3. The molecule has 4 heteroatoms. The first-order valence-electron chi connectivity index (χ1n) is 5.68. The molecule has 14 heavy (non-hydrogen) atoms. The molecule has 3 N–H and O–H groups in total. The van der Waals surface area contributed by atoms with Crippen LogP contribution in [-0.2, 0) is 0 Å². The summed E-state index contributed by atoms with van der Waals surface area (Å²) in [5.41, 5.74) is 0. The Labute approximate surface area is 86.7 Å². The Kier molecular flexibility index (Phi) is 6.95. The Morgan fingerprint density at radius 3 is 1.86 bits per heavy atom. The van der Waals surface area contributed by atoms with E-state index in [2.05, 4.69) is 15.5 Å². The maximum absolute atomic E-state index is 9.08. The molecule has 4 nitrogen and oxygen atoms in total. The second kappa shape index (κ2) is 8.17. The van der Waals surface area contributed by atoms with Crippen LogP contribution in [0.3, 0.4) is 0 Å². The normalized spacial score (nSPS) is 23.8. The van der Waals surface area contributed by atoms with E-state index in [4.69, 9.17) is 5.11 Å². The second-order valence-electron chi connectivity index (χ2n) is 3.82. The monoisotopic (exact) mass is 201 g/mol. The summed E-state index contributed by atoms with van der Waals surface area (Å²) < 4.78 is 0. The molecular weight excluding hydrogens is 178 g/mol. The molecule has 0 spiro atoms. The van der Waals surface area contributed by atoms with Crippen molar-refractivity contribution in [1.82, 2.24) is 15.5 Å². The van der Waals surface area contributed by atoms with Gasteiger partial charge in [-0.3, -0.25) is 4.90 Å². The van der Waals surface area contributed by atoms with Crippen molar-refractivity contribution in [3.8, 4) is 0 Å². The molecule has 1 saturated heterocycles. The maximum Gasteiger partial charge on any atom is 0.0956 e. The van der Waals surface area contributed by atoms with Gasteiger partial charge in [-0.05, 0) is 45.4 Å². The average molecular weight is 201 g/mol. The van der Waals surface area contributed by atoms with Crippen molar-refractivity contribution >= 4 is 0 Å². The molecule has 1 rings (SSSR count). The van der Waals surface area contributed by atoms with Crippen molar-refractivity contribution in [3.05, 3.63) is 0 Å². The zero-order valence-corrected chi connectivity index (χ0v) is 8.97. The lowest BCUT2D eigenvalue weighted by Gasteiger charge is -2.20. The van der Waals surface area contributed by atoms with Crippen LogP contribution in [0.2, 0.25) is 0 Å². The van der Waals surface area contributed by atoms with Gasteiger partial charge in [-0.15, -0.1) is 0 Å². The molecule has 0 bridgehead atoms. The predicted molar refractivity (Wildman–Crippen MR) is 58.2 cm³/mol. The molecule has 0 unspecified atom stereocenters. The first-order valence-corrected chi connectivity index (χ1v) is 5.68. The van der Waals surface area contributed by atoms with Gasteiger partial charge in [-0.1, -0.05) is 0 Å². The fourth-order valence-corrected chi connectivity index (χ4v) is 1.70. The minimum atomic E-state index is 0.194. The standard InChI is InChI=1S/C10H23N3O/c14-10-13-8-2-6-11-4-1-5-12-7-3-9-13/h11-12,14H,1-10H2. The molecular formula is C10H23N3O. The first kappa shape index (κ1) is 11.9. The molecule has 1 aliphatic rings. The van der Waals surface area contributed by atoms with E-state index in [0.717, 1.165) is 52.1 Å². The van der Waals surface area contributed by atoms with Crippen LogP contribution < -0.4 is 10.6 Å². The average Bonchev–Trinajstić information content (AvgIpc) is 2.19. The Balaban J connectivity index is 2.17. The van der Waals surface area contributed by atoms with Crippen molar-refractivity contribution in [2.45, 2.75) is 19.3 Å². The van der Waals surface area contributed by atoms with Gasteiger partial charge in [0, 0.05) is 13.1 Å². The Hall–Kier alpha value is -0.160. The molecule has 1 fully saturated rings. The van der Waals surface area contributed by atoms with Gasteiger partial charge < -0.3 is 15.7 Å². The summed E-state index contributed by atoms with van der Waals surface area (Å²) in [4.78, 5) is 2.10. The molecule has 0 atom stereocenters.